The zero-order valence-electron chi connectivity index (χ0n) is 12.2. The average Bonchev–Trinajstić information content (AvgIpc) is 2.37. The van der Waals surface area contributed by atoms with E-state index in [1.165, 1.54) is 26.0 Å². The minimum Gasteiger partial charge on any atom is -0.422 e. The summed E-state index contributed by atoms with van der Waals surface area (Å²) in [6, 6.07) is 4.43. The van der Waals surface area contributed by atoms with Gasteiger partial charge in [-0.2, -0.15) is 0 Å². The number of ether oxygens (including phenoxy) is 2. The predicted molar refractivity (Wildman–Crippen MR) is 75.7 cm³/mol. The second-order valence-electron chi connectivity index (χ2n) is 5.25. The maximum Gasteiger partial charge on any atom is 0.329 e. The molecule has 0 aromatic heterocycles. The first-order valence-corrected chi connectivity index (χ1v) is 6.44. The third-order valence-corrected chi connectivity index (χ3v) is 2.89. The van der Waals surface area contributed by atoms with E-state index in [4.69, 9.17) is 9.47 Å². The molecule has 116 valence electrons. The molecule has 2 rings (SSSR count). The first kappa shape index (κ1) is 15.6. The molecule has 0 radical (unpaired) electrons. The van der Waals surface area contributed by atoms with Gasteiger partial charge in [-0.1, -0.05) is 6.07 Å². The van der Waals surface area contributed by atoms with Gasteiger partial charge in [-0.05, 0) is 18.6 Å². The number of carbonyl (C=O) groups is 2. The molecule has 0 saturated carbocycles. The van der Waals surface area contributed by atoms with E-state index in [1.54, 1.807) is 13.0 Å². The van der Waals surface area contributed by atoms with Crippen molar-refractivity contribution in [3.05, 3.63) is 33.9 Å². The second-order valence-corrected chi connectivity index (χ2v) is 5.25. The van der Waals surface area contributed by atoms with Crippen molar-refractivity contribution in [2.75, 3.05) is 0 Å². The van der Waals surface area contributed by atoms with Crippen molar-refractivity contribution in [3.63, 3.8) is 0 Å². The van der Waals surface area contributed by atoms with Crippen LogP contribution < -0.4 is 0 Å². The maximum atomic E-state index is 11.8. The zero-order valence-corrected chi connectivity index (χ0v) is 12.2. The van der Waals surface area contributed by atoms with E-state index in [0.29, 0.717) is 5.56 Å². The van der Waals surface area contributed by atoms with Crippen LogP contribution in [0.1, 0.15) is 19.4 Å². The molecular weight excluding hydrogens is 292 g/mol. The fraction of sp³-hybridized carbons (Fsp3) is 0.357. The fourth-order valence-corrected chi connectivity index (χ4v) is 1.89. The fourth-order valence-electron chi connectivity index (χ4n) is 1.89. The number of hydrogen-bond donors (Lipinski definition) is 0. The molecule has 1 aliphatic rings. The van der Waals surface area contributed by atoms with Crippen LogP contribution in [0.15, 0.2) is 23.2 Å². The van der Waals surface area contributed by atoms with Gasteiger partial charge in [0.2, 0.25) is 0 Å². The van der Waals surface area contributed by atoms with Crippen LogP contribution >= 0.6 is 0 Å². The van der Waals surface area contributed by atoms with E-state index in [9.17, 15) is 19.7 Å². The van der Waals surface area contributed by atoms with Crippen LogP contribution in [0.3, 0.4) is 0 Å². The van der Waals surface area contributed by atoms with Gasteiger partial charge in [0.05, 0.1) is 4.92 Å². The van der Waals surface area contributed by atoms with E-state index in [1.807, 2.05) is 0 Å². The summed E-state index contributed by atoms with van der Waals surface area (Å²) in [6.07, 6.45) is 0.998. The standard InChI is InChI=1S/C14H14N2O6/c1-8-4-5-10(11(6-8)16(19)20)15-7-9-12(17)21-14(2,3)22-13(9)18/h4-7,9H,1-3H3. The van der Waals surface area contributed by atoms with Gasteiger partial charge in [0.1, 0.15) is 5.69 Å². The van der Waals surface area contributed by atoms with Crippen molar-refractivity contribution in [1.82, 2.24) is 0 Å². The van der Waals surface area contributed by atoms with Crippen molar-refractivity contribution in [2.45, 2.75) is 26.6 Å². The Balaban J connectivity index is 2.28. The zero-order chi connectivity index (χ0) is 16.5. The third-order valence-electron chi connectivity index (χ3n) is 2.89. The molecule has 8 nitrogen and oxygen atoms in total. The van der Waals surface area contributed by atoms with E-state index >= 15 is 0 Å². The highest BCUT2D eigenvalue weighted by molar-refractivity contribution is 6.10. The number of aliphatic imine (C=N–C) groups is 1. The van der Waals surface area contributed by atoms with Crippen molar-refractivity contribution >= 4 is 29.5 Å². The van der Waals surface area contributed by atoms with E-state index < -0.39 is 28.6 Å². The number of nitrogens with zero attached hydrogens (tertiary/aromatic N) is 2. The number of aryl methyl sites for hydroxylation is 1. The van der Waals surface area contributed by atoms with Gasteiger partial charge in [-0.15, -0.1) is 0 Å². The van der Waals surface area contributed by atoms with Crippen LogP contribution in [0.2, 0.25) is 0 Å². The molecule has 8 heteroatoms. The number of nitro groups is 1. The highest BCUT2D eigenvalue weighted by Crippen LogP contribution is 2.29. The van der Waals surface area contributed by atoms with Crippen molar-refractivity contribution in [2.24, 2.45) is 10.9 Å². The van der Waals surface area contributed by atoms with Crippen molar-refractivity contribution < 1.29 is 24.0 Å². The lowest BCUT2D eigenvalue weighted by Crippen LogP contribution is -2.46. The van der Waals surface area contributed by atoms with Gasteiger partial charge >= 0.3 is 11.9 Å². The Labute approximate surface area is 125 Å². The lowest BCUT2D eigenvalue weighted by Gasteiger charge is -2.31. The molecule has 0 aliphatic carbocycles. The molecule has 1 aromatic rings. The lowest BCUT2D eigenvalue weighted by molar-refractivity contribution is -0.384. The summed E-state index contributed by atoms with van der Waals surface area (Å²) in [5, 5.41) is 11.0. The third kappa shape index (κ3) is 3.27. The first-order chi connectivity index (χ1) is 10.2. The minimum atomic E-state index is -1.34. The largest absolute Gasteiger partial charge is 0.422 e. The topological polar surface area (TPSA) is 108 Å². The Morgan fingerprint density at radius 2 is 1.86 bits per heavy atom. The van der Waals surface area contributed by atoms with Crippen molar-refractivity contribution in [1.29, 1.82) is 0 Å². The number of carbonyl (C=O) groups excluding carboxylic acids is 2. The van der Waals surface area contributed by atoms with E-state index in [0.717, 1.165) is 6.21 Å². The Bertz CT molecular complexity index is 660. The monoisotopic (exact) mass is 306 g/mol. The summed E-state index contributed by atoms with van der Waals surface area (Å²) in [6.45, 7) is 4.57. The molecule has 1 aliphatic heterocycles. The highest BCUT2D eigenvalue weighted by atomic mass is 16.7. The quantitative estimate of drug-likeness (QED) is 0.278. The number of cyclic esters (lactones) is 2. The first-order valence-electron chi connectivity index (χ1n) is 6.44. The molecular formula is C14H14N2O6. The Kier molecular flexibility index (Phi) is 3.94. The van der Waals surface area contributed by atoms with E-state index in [2.05, 4.69) is 4.99 Å². The molecule has 0 N–H and O–H groups in total. The summed E-state index contributed by atoms with van der Waals surface area (Å²) in [7, 11) is 0. The Hall–Kier alpha value is -2.77. The second kappa shape index (κ2) is 5.55. The van der Waals surface area contributed by atoms with Crippen LogP contribution in [0.5, 0.6) is 0 Å². The number of esters is 2. The number of hydrogen-bond acceptors (Lipinski definition) is 7. The van der Waals surface area contributed by atoms with Gasteiger partial charge in [-0.3, -0.25) is 24.7 Å². The van der Waals surface area contributed by atoms with Gasteiger partial charge in [-0.25, -0.2) is 0 Å². The van der Waals surface area contributed by atoms with Gasteiger partial charge < -0.3 is 9.47 Å². The van der Waals surface area contributed by atoms with Gasteiger partial charge in [0, 0.05) is 26.1 Å². The molecule has 1 heterocycles. The number of benzene rings is 1. The summed E-state index contributed by atoms with van der Waals surface area (Å²) in [4.78, 5) is 37.8. The molecule has 0 atom stereocenters. The van der Waals surface area contributed by atoms with Crippen molar-refractivity contribution in [3.8, 4) is 0 Å². The lowest BCUT2D eigenvalue weighted by atomic mass is 10.1. The molecule has 1 fully saturated rings. The van der Waals surface area contributed by atoms with Gasteiger partial charge in [0.15, 0.2) is 5.92 Å². The molecule has 22 heavy (non-hydrogen) atoms. The molecule has 0 amide bonds. The number of rotatable bonds is 3. The summed E-state index contributed by atoms with van der Waals surface area (Å²) in [5.74, 6) is -4.28. The summed E-state index contributed by atoms with van der Waals surface area (Å²) >= 11 is 0. The molecule has 1 aromatic carbocycles. The minimum absolute atomic E-state index is 0.0426. The summed E-state index contributed by atoms with van der Waals surface area (Å²) < 4.78 is 9.87. The van der Waals surface area contributed by atoms with Gasteiger partial charge in [0.25, 0.3) is 11.5 Å². The average molecular weight is 306 g/mol. The predicted octanol–water partition coefficient (Wildman–Crippen LogP) is 2.06. The van der Waals surface area contributed by atoms with Crippen LogP contribution in [0.4, 0.5) is 11.4 Å². The normalized spacial score (nSPS) is 18.1. The Morgan fingerprint density at radius 3 is 2.41 bits per heavy atom. The molecule has 1 saturated heterocycles. The smallest absolute Gasteiger partial charge is 0.329 e. The Morgan fingerprint density at radius 1 is 1.27 bits per heavy atom. The molecule has 0 spiro atoms. The number of nitro benzene ring substituents is 1. The van der Waals surface area contributed by atoms with Crippen LogP contribution in [0.25, 0.3) is 0 Å². The highest BCUT2D eigenvalue weighted by Gasteiger charge is 2.42. The maximum absolute atomic E-state index is 11.8. The molecule has 0 bridgehead atoms. The van der Waals surface area contributed by atoms with Crippen LogP contribution in [0, 0.1) is 23.0 Å². The van der Waals surface area contributed by atoms with Crippen LogP contribution in [-0.2, 0) is 19.1 Å². The van der Waals surface area contributed by atoms with E-state index in [-0.39, 0.29) is 11.4 Å². The summed E-state index contributed by atoms with van der Waals surface area (Å²) in [5.41, 5.74) is 0.527. The SMILES string of the molecule is Cc1ccc(N=CC2C(=O)OC(C)(C)OC2=O)c([N+](=O)[O-])c1. The van der Waals surface area contributed by atoms with Crippen LogP contribution in [-0.4, -0.2) is 28.9 Å². The molecule has 0 unspecified atom stereocenters.